The molecule has 1 aromatic carbocycles. The van der Waals surface area contributed by atoms with Gasteiger partial charge in [-0.3, -0.25) is 14.9 Å². The van der Waals surface area contributed by atoms with Crippen molar-refractivity contribution in [1.82, 2.24) is 10.6 Å². The number of piperazine rings is 1. The van der Waals surface area contributed by atoms with E-state index in [1.807, 2.05) is 18.2 Å². The van der Waals surface area contributed by atoms with Crippen LogP contribution in [0.2, 0.25) is 0 Å². The third-order valence-corrected chi connectivity index (χ3v) is 4.06. The zero-order valence-corrected chi connectivity index (χ0v) is 10.8. The normalized spacial score (nSPS) is 30.3. The first kappa shape index (κ1) is 12.4. The molecule has 1 heterocycles. The highest BCUT2D eigenvalue weighted by Gasteiger charge is 2.39. The molecule has 0 spiro atoms. The highest BCUT2D eigenvalue weighted by molar-refractivity contribution is 6.13. The molecule has 1 saturated heterocycles. The highest BCUT2D eigenvalue weighted by atomic mass is 16.2. The molecule has 19 heavy (non-hydrogen) atoms. The molecule has 4 nitrogen and oxygen atoms in total. The quantitative estimate of drug-likeness (QED) is 0.620. The van der Waals surface area contributed by atoms with Crippen LogP contribution in [0.1, 0.15) is 36.0 Å². The number of fused-ring (bicyclic) bond motifs is 1. The molecule has 0 bridgehead atoms. The molecule has 1 aliphatic carbocycles. The van der Waals surface area contributed by atoms with Gasteiger partial charge in [0.25, 0.3) is 0 Å². The van der Waals surface area contributed by atoms with Crippen LogP contribution >= 0.6 is 0 Å². The molecule has 4 heteroatoms. The van der Waals surface area contributed by atoms with Crippen LogP contribution in [0.3, 0.4) is 0 Å². The minimum absolute atomic E-state index is 0.137. The monoisotopic (exact) mass is 258 g/mol. The van der Waals surface area contributed by atoms with Gasteiger partial charge in [0.2, 0.25) is 5.91 Å². The van der Waals surface area contributed by atoms with E-state index in [1.54, 1.807) is 12.1 Å². The first-order chi connectivity index (χ1) is 9.25. The fourth-order valence-corrected chi connectivity index (χ4v) is 3.02. The first-order valence-electron chi connectivity index (χ1n) is 6.91. The molecule has 3 rings (SSSR count). The summed E-state index contributed by atoms with van der Waals surface area (Å²) in [6.07, 6.45) is 4.36. The van der Waals surface area contributed by atoms with E-state index in [0.29, 0.717) is 5.56 Å². The van der Waals surface area contributed by atoms with Gasteiger partial charge in [0, 0.05) is 17.6 Å². The van der Waals surface area contributed by atoms with E-state index in [0.717, 1.165) is 25.7 Å². The van der Waals surface area contributed by atoms with Crippen LogP contribution in [-0.2, 0) is 4.79 Å². The summed E-state index contributed by atoms with van der Waals surface area (Å²) in [7, 11) is 0. The van der Waals surface area contributed by atoms with Gasteiger partial charge >= 0.3 is 0 Å². The van der Waals surface area contributed by atoms with Crippen molar-refractivity contribution in [2.24, 2.45) is 0 Å². The van der Waals surface area contributed by atoms with E-state index >= 15 is 0 Å². The van der Waals surface area contributed by atoms with Crippen molar-refractivity contribution >= 4 is 11.7 Å². The van der Waals surface area contributed by atoms with Gasteiger partial charge in [-0.25, -0.2) is 0 Å². The van der Waals surface area contributed by atoms with Crippen LogP contribution in [0.5, 0.6) is 0 Å². The summed E-state index contributed by atoms with van der Waals surface area (Å²) in [5.41, 5.74) is 0.587. The summed E-state index contributed by atoms with van der Waals surface area (Å²) in [6.45, 7) is 0. The van der Waals surface area contributed by atoms with Crippen LogP contribution in [-0.4, -0.2) is 29.8 Å². The first-order valence-corrected chi connectivity index (χ1v) is 6.91. The second kappa shape index (κ2) is 5.13. The number of nitrogens with one attached hydrogen (secondary N) is 2. The van der Waals surface area contributed by atoms with Gasteiger partial charge in [-0.2, -0.15) is 0 Å². The molecule has 1 amide bonds. The second-order valence-electron chi connectivity index (χ2n) is 5.34. The van der Waals surface area contributed by atoms with E-state index < -0.39 is 6.04 Å². The van der Waals surface area contributed by atoms with Crippen LogP contribution in [0.25, 0.3) is 0 Å². The number of Topliss-reactive ketones (excluding diaryl/α,β-unsaturated/α-hetero) is 1. The molecule has 0 aromatic heterocycles. The molecule has 3 atom stereocenters. The van der Waals surface area contributed by atoms with Gasteiger partial charge in [-0.1, -0.05) is 43.2 Å². The lowest BCUT2D eigenvalue weighted by Crippen LogP contribution is -2.66. The van der Waals surface area contributed by atoms with Crippen molar-refractivity contribution in [3.8, 4) is 0 Å². The summed E-state index contributed by atoms with van der Waals surface area (Å²) in [5, 5.41) is 6.24. The fourth-order valence-electron chi connectivity index (χ4n) is 3.02. The summed E-state index contributed by atoms with van der Waals surface area (Å²) in [4.78, 5) is 24.4. The van der Waals surface area contributed by atoms with Crippen LogP contribution in [0.4, 0.5) is 0 Å². The molecular formula is C15H18N2O2. The Bertz CT molecular complexity index is 486. The van der Waals surface area contributed by atoms with Crippen molar-refractivity contribution in [2.75, 3.05) is 0 Å². The third-order valence-electron chi connectivity index (χ3n) is 4.06. The molecular weight excluding hydrogens is 240 g/mol. The highest BCUT2D eigenvalue weighted by Crippen LogP contribution is 2.22. The Balaban J connectivity index is 1.77. The Morgan fingerprint density at radius 1 is 1.05 bits per heavy atom. The van der Waals surface area contributed by atoms with Crippen LogP contribution < -0.4 is 10.6 Å². The van der Waals surface area contributed by atoms with Crippen molar-refractivity contribution in [3.63, 3.8) is 0 Å². The number of rotatable bonds is 2. The molecule has 0 unspecified atom stereocenters. The predicted molar refractivity (Wildman–Crippen MR) is 71.9 cm³/mol. The molecule has 1 aliphatic heterocycles. The molecule has 1 aromatic rings. The summed E-state index contributed by atoms with van der Waals surface area (Å²) < 4.78 is 0. The van der Waals surface area contributed by atoms with E-state index in [2.05, 4.69) is 10.6 Å². The Morgan fingerprint density at radius 3 is 2.47 bits per heavy atom. The Hall–Kier alpha value is -1.68. The molecule has 0 radical (unpaired) electrons. The van der Waals surface area contributed by atoms with E-state index in [1.165, 1.54) is 0 Å². The minimum Gasteiger partial charge on any atom is -0.350 e. The number of carbonyl (C=O) groups is 2. The zero-order chi connectivity index (χ0) is 13.2. The lowest BCUT2D eigenvalue weighted by molar-refractivity contribution is -0.125. The standard InChI is InChI=1S/C15H18N2O2/c18-14(10-6-2-1-3-7-10)13-15(19)17-12-9-5-4-8-11(12)16-13/h1-3,6-7,11-13,16H,4-5,8-9H2,(H,17,19)/t11-,12-,13-/m1/s1. The average Bonchev–Trinajstić information content (AvgIpc) is 2.47. The van der Waals surface area contributed by atoms with E-state index in [-0.39, 0.29) is 23.8 Å². The van der Waals surface area contributed by atoms with Gasteiger partial charge in [0.15, 0.2) is 11.8 Å². The van der Waals surface area contributed by atoms with Crippen molar-refractivity contribution in [2.45, 2.75) is 43.8 Å². The summed E-state index contributed by atoms with van der Waals surface area (Å²) in [6, 6.07) is 8.71. The maximum atomic E-state index is 12.4. The van der Waals surface area contributed by atoms with E-state index in [9.17, 15) is 9.59 Å². The average molecular weight is 258 g/mol. The molecule has 1 saturated carbocycles. The number of benzene rings is 1. The third kappa shape index (κ3) is 2.40. The number of amides is 1. The maximum absolute atomic E-state index is 12.4. The SMILES string of the molecule is O=C1N[C@@H]2CCCC[C@H]2N[C@@H]1C(=O)c1ccccc1. The smallest absolute Gasteiger partial charge is 0.245 e. The van der Waals surface area contributed by atoms with Gasteiger partial charge in [-0.15, -0.1) is 0 Å². The lowest BCUT2D eigenvalue weighted by atomic mass is 9.86. The Morgan fingerprint density at radius 2 is 1.74 bits per heavy atom. The Labute approximate surface area is 112 Å². The number of ketones is 1. The number of carbonyl (C=O) groups excluding carboxylic acids is 2. The zero-order valence-electron chi connectivity index (χ0n) is 10.8. The van der Waals surface area contributed by atoms with Crippen molar-refractivity contribution < 1.29 is 9.59 Å². The van der Waals surface area contributed by atoms with Gasteiger partial charge < -0.3 is 5.32 Å². The van der Waals surface area contributed by atoms with Gasteiger partial charge in [-0.05, 0) is 12.8 Å². The molecule has 2 fully saturated rings. The van der Waals surface area contributed by atoms with Crippen molar-refractivity contribution in [3.05, 3.63) is 35.9 Å². The Kier molecular flexibility index (Phi) is 3.34. The summed E-state index contributed by atoms with van der Waals surface area (Å²) >= 11 is 0. The van der Waals surface area contributed by atoms with Crippen molar-refractivity contribution in [1.29, 1.82) is 0 Å². The van der Waals surface area contributed by atoms with E-state index in [4.69, 9.17) is 0 Å². The lowest BCUT2D eigenvalue weighted by Gasteiger charge is -2.40. The van der Waals surface area contributed by atoms with Crippen LogP contribution in [0, 0.1) is 0 Å². The molecule has 2 aliphatic rings. The largest absolute Gasteiger partial charge is 0.350 e. The molecule has 100 valence electrons. The summed E-state index contributed by atoms with van der Waals surface area (Å²) in [5.74, 6) is -0.320. The van der Waals surface area contributed by atoms with Crippen LogP contribution in [0.15, 0.2) is 30.3 Å². The second-order valence-corrected chi connectivity index (χ2v) is 5.34. The number of hydrogen-bond acceptors (Lipinski definition) is 3. The van der Waals surface area contributed by atoms with Gasteiger partial charge in [0.1, 0.15) is 0 Å². The maximum Gasteiger partial charge on any atom is 0.245 e. The molecule has 2 N–H and O–H groups in total. The predicted octanol–water partition coefficient (Wildman–Crippen LogP) is 1.27. The minimum atomic E-state index is -0.734. The van der Waals surface area contributed by atoms with Gasteiger partial charge in [0.05, 0.1) is 0 Å². The fraction of sp³-hybridized carbons (Fsp3) is 0.467. The topological polar surface area (TPSA) is 58.2 Å². The number of hydrogen-bond donors (Lipinski definition) is 2.